The van der Waals surface area contributed by atoms with E-state index >= 15 is 0 Å². The number of rotatable bonds is 5. The van der Waals surface area contributed by atoms with E-state index in [2.05, 4.69) is 4.98 Å². The third-order valence-electron chi connectivity index (χ3n) is 3.72. The lowest BCUT2D eigenvalue weighted by Crippen LogP contribution is -2.32. The number of benzene rings is 2. The van der Waals surface area contributed by atoms with Crippen LogP contribution in [0.1, 0.15) is 18.1 Å². The lowest BCUT2D eigenvalue weighted by Gasteiger charge is -2.19. The topological polar surface area (TPSA) is 50.3 Å². The number of aryl methyl sites for hydroxylation is 1. The Morgan fingerprint density at radius 3 is 2.56 bits per heavy atom. The summed E-state index contributed by atoms with van der Waals surface area (Å²) in [6.07, 6.45) is 0. The smallest absolute Gasteiger partial charge is 0.239 e. The van der Waals surface area contributed by atoms with Crippen molar-refractivity contribution < 1.29 is 9.59 Å². The van der Waals surface area contributed by atoms with Crippen molar-refractivity contribution in [2.24, 2.45) is 0 Å². The Labute approximate surface area is 154 Å². The molecule has 0 N–H and O–H groups in total. The van der Waals surface area contributed by atoms with Gasteiger partial charge in [0.25, 0.3) is 0 Å². The molecule has 128 valence electrons. The molecule has 0 bridgehead atoms. The van der Waals surface area contributed by atoms with E-state index in [1.165, 1.54) is 18.3 Å². The van der Waals surface area contributed by atoms with E-state index in [4.69, 9.17) is 0 Å². The molecule has 0 aliphatic heterocycles. The van der Waals surface area contributed by atoms with Gasteiger partial charge in [-0.3, -0.25) is 14.5 Å². The summed E-state index contributed by atoms with van der Waals surface area (Å²) in [5.41, 5.74) is 3.04. The van der Waals surface area contributed by atoms with Crippen molar-refractivity contribution >= 4 is 49.5 Å². The Morgan fingerprint density at radius 1 is 1.12 bits per heavy atom. The van der Waals surface area contributed by atoms with E-state index in [0.29, 0.717) is 11.7 Å². The molecule has 0 aliphatic rings. The predicted octanol–water partition coefficient (Wildman–Crippen LogP) is 4.42. The number of thioether (sulfide) groups is 1. The van der Waals surface area contributed by atoms with Gasteiger partial charge < -0.3 is 0 Å². The maximum Gasteiger partial charge on any atom is 0.239 e. The van der Waals surface area contributed by atoms with E-state index < -0.39 is 0 Å². The zero-order valence-electron chi connectivity index (χ0n) is 14.1. The van der Waals surface area contributed by atoms with Crippen molar-refractivity contribution in [1.29, 1.82) is 0 Å². The van der Waals surface area contributed by atoms with Crippen molar-refractivity contribution in [2.75, 3.05) is 10.7 Å². The SMILES string of the molecule is CC(=O)SCC(=O)N(Cc1ccccc1)c1nc2c(C)cccc2s1. The molecular weight excluding hydrogens is 352 g/mol. The standard InChI is InChI=1S/C19H18N2O2S2/c1-13-7-6-10-16-18(13)20-19(25-16)21(17(23)12-24-14(2)22)11-15-8-4-3-5-9-15/h3-10H,11-12H2,1-2H3. The first-order valence-corrected chi connectivity index (χ1v) is 9.68. The van der Waals surface area contributed by atoms with Crippen LogP contribution in [0.15, 0.2) is 48.5 Å². The van der Waals surface area contributed by atoms with Gasteiger partial charge in [-0.1, -0.05) is 65.6 Å². The van der Waals surface area contributed by atoms with Crippen molar-refractivity contribution in [3.63, 3.8) is 0 Å². The quantitative estimate of drug-likeness (QED) is 0.667. The second-order valence-electron chi connectivity index (χ2n) is 5.66. The van der Waals surface area contributed by atoms with E-state index in [9.17, 15) is 9.59 Å². The minimum atomic E-state index is -0.110. The Hall–Kier alpha value is -2.18. The Bertz CT molecular complexity index is 906. The lowest BCUT2D eigenvalue weighted by atomic mass is 10.2. The highest BCUT2D eigenvalue weighted by atomic mass is 32.2. The monoisotopic (exact) mass is 370 g/mol. The molecule has 1 aromatic heterocycles. The van der Waals surface area contributed by atoms with Gasteiger partial charge in [0.2, 0.25) is 5.91 Å². The van der Waals surface area contributed by atoms with Gasteiger partial charge in [0.15, 0.2) is 10.2 Å². The van der Waals surface area contributed by atoms with Gasteiger partial charge in [-0.25, -0.2) is 4.98 Å². The van der Waals surface area contributed by atoms with Gasteiger partial charge in [-0.2, -0.15) is 0 Å². The second kappa shape index (κ2) is 7.80. The average Bonchev–Trinajstić information content (AvgIpc) is 3.04. The highest BCUT2D eigenvalue weighted by molar-refractivity contribution is 8.14. The molecule has 2 aromatic carbocycles. The summed E-state index contributed by atoms with van der Waals surface area (Å²) in [4.78, 5) is 30.3. The number of hydrogen-bond donors (Lipinski definition) is 0. The molecule has 3 rings (SSSR count). The number of nitrogens with zero attached hydrogens (tertiary/aromatic N) is 2. The molecule has 0 saturated heterocycles. The molecule has 0 spiro atoms. The summed E-state index contributed by atoms with van der Waals surface area (Å²) >= 11 is 2.53. The number of carbonyl (C=O) groups is 2. The number of carbonyl (C=O) groups excluding carboxylic acids is 2. The predicted molar refractivity (Wildman–Crippen MR) is 105 cm³/mol. The largest absolute Gasteiger partial charge is 0.288 e. The first kappa shape index (κ1) is 17.6. The van der Waals surface area contributed by atoms with Crippen molar-refractivity contribution in [2.45, 2.75) is 20.4 Å². The fourth-order valence-electron chi connectivity index (χ4n) is 2.46. The third kappa shape index (κ3) is 4.27. The molecule has 0 aliphatic carbocycles. The highest BCUT2D eigenvalue weighted by Crippen LogP contribution is 2.31. The molecule has 1 amide bonds. The summed E-state index contributed by atoms with van der Waals surface area (Å²) in [6, 6.07) is 15.8. The molecule has 0 saturated carbocycles. The summed E-state index contributed by atoms with van der Waals surface area (Å²) < 4.78 is 1.06. The van der Waals surface area contributed by atoms with E-state index in [0.717, 1.165) is 33.1 Å². The van der Waals surface area contributed by atoms with Crippen LogP contribution in [0.25, 0.3) is 10.2 Å². The summed E-state index contributed by atoms with van der Waals surface area (Å²) in [7, 11) is 0. The molecular formula is C19H18N2O2S2. The van der Waals surface area contributed by atoms with Crippen LogP contribution in [0, 0.1) is 6.92 Å². The molecule has 0 radical (unpaired) electrons. The van der Waals surface area contributed by atoms with Crippen molar-refractivity contribution in [3.8, 4) is 0 Å². The number of aromatic nitrogens is 1. The van der Waals surface area contributed by atoms with E-state index in [-0.39, 0.29) is 16.8 Å². The molecule has 0 unspecified atom stereocenters. The number of fused-ring (bicyclic) bond motifs is 1. The van der Waals surface area contributed by atoms with Gasteiger partial charge in [0, 0.05) is 6.92 Å². The minimum Gasteiger partial charge on any atom is -0.288 e. The molecule has 0 fully saturated rings. The van der Waals surface area contributed by atoms with Gasteiger partial charge >= 0.3 is 0 Å². The maximum atomic E-state index is 12.7. The van der Waals surface area contributed by atoms with Gasteiger partial charge in [-0.15, -0.1) is 0 Å². The summed E-state index contributed by atoms with van der Waals surface area (Å²) in [6.45, 7) is 3.93. The summed E-state index contributed by atoms with van der Waals surface area (Å²) in [5, 5.41) is 0.607. The number of anilines is 1. The lowest BCUT2D eigenvalue weighted by molar-refractivity contribution is -0.116. The molecule has 25 heavy (non-hydrogen) atoms. The molecule has 1 heterocycles. The first-order valence-electron chi connectivity index (χ1n) is 7.88. The number of hydrogen-bond acceptors (Lipinski definition) is 5. The highest BCUT2D eigenvalue weighted by Gasteiger charge is 2.21. The van der Waals surface area contributed by atoms with Gasteiger partial charge in [0.1, 0.15) is 0 Å². The second-order valence-corrected chi connectivity index (χ2v) is 7.83. The van der Waals surface area contributed by atoms with Crippen LogP contribution < -0.4 is 4.90 Å². The van der Waals surface area contributed by atoms with Crippen molar-refractivity contribution in [3.05, 3.63) is 59.7 Å². The molecule has 0 atom stereocenters. The van der Waals surface area contributed by atoms with Crippen LogP contribution in [0.4, 0.5) is 5.13 Å². The van der Waals surface area contributed by atoms with E-state index in [1.807, 2.05) is 55.5 Å². The number of thiazole rings is 1. The van der Waals surface area contributed by atoms with Crippen LogP contribution in [0.2, 0.25) is 0 Å². The van der Waals surface area contributed by atoms with Crippen LogP contribution in [0.5, 0.6) is 0 Å². The van der Waals surface area contributed by atoms with Crippen LogP contribution >= 0.6 is 23.1 Å². The fourth-order valence-corrected chi connectivity index (χ4v) is 4.00. The van der Waals surface area contributed by atoms with E-state index in [1.54, 1.807) is 4.90 Å². The van der Waals surface area contributed by atoms with Crippen LogP contribution in [-0.2, 0) is 16.1 Å². The maximum absolute atomic E-state index is 12.7. The van der Waals surface area contributed by atoms with Gasteiger partial charge in [-0.05, 0) is 24.1 Å². The Morgan fingerprint density at radius 2 is 1.88 bits per heavy atom. The summed E-state index contributed by atoms with van der Waals surface area (Å²) in [5.74, 6) is 0.0117. The molecule has 6 heteroatoms. The average molecular weight is 370 g/mol. The van der Waals surface area contributed by atoms with Crippen LogP contribution in [0.3, 0.4) is 0 Å². The van der Waals surface area contributed by atoms with Crippen LogP contribution in [-0.4, -0.2) is 21.8 Å². The number of para-hydroxylation sites is 1. The number of amides is 1. The van der Waals surface area contributed by atoms with Gasteiger partial charge in [0.05, 0.1) is 22.5 Å². The first-order chi connectivity index (χ1) is 12.0. The zero-order valence-corrected chi connectivity index (χ0v) is 15.7. The zero-order chi connectivity index (χ0) is 17.8. The minimum absolute atomic E-state index is 0.0619. The fraction of sp³-hybridized carbons (Fsp3) is 0.211. The Kier molecular flexibility index (Phi) is 5.50. The molecule has 3 aromatic rings. The third-order valence-corrected chi connectivity index (χ3v) is 5.57. The van der Waals surface area contributed by atoms with Crippen molar-refractivity contribution in [1.82, 2.24) is 4.98 Å². The Balaban J connectivity index is 1.95. The molecule has 4 nitrogen and oxygen atoms in total. The normalized spacial score (nSPS) is 10.8.